The van der Waals surface area contributed by atoms with Crippen molar-refractivity contribution in [1.29, 1.82) is 0 Å². The zero-order valence-corrected chi connectivity index (χ0v) is 16.9. The Hall–Kier alpha value is 0.350. The molecule has 0 unspecified atom stereocenters. The molecule has 1 aromatic carbocycles. The van der Waals surface area contributed by atoms with Crippen molar-refractivity contribution in [1.82, 2.24) is 4.90 Å². The number of carbonyl (C=O) groups is 1. The Morgan fingerprint density at radius 2 is 2.00 bits per heavy atom. The van der Waals surface area contributed by atoms with E-state index in [2.05, 4.69) is 72.8 Å². The largest absolute Gasteiger partial charge is 0.481 e. The Balaban J connectivity index is 3.18. The second-order valence-electron chi connectivity index (χ2n) is 4.08. The smallest absolute Gasteiger partial charge is 0.303 e. The van der Waals surface area contributed by atoms with E-state index in [0.717, 1.165) is 22.0 Å². The molecule has 0 saturated carbocycles. The Labute approximate surface area is 153 Å². The number of benzene rings is 1. The number of aliphatic carboxylic acids is 1. The van der Waals surface area contributed by atoms with Gasteiger partial charge in [0.25, 0.3) is 0 Å². The summed E-state index contributed by atoms with van der Waals surface area (Å²) in [6.45, 7) is 0. The minimum Gasteiger partial charge on any atom is -0.481 e. The van der Waals surface area contributed by atoms with Crippen LogP contribution in [-0.4, -0.2) is 36.4 Å². The minimum atomic E-state index is -0.775. The molecule has 0 aliphatic carbocycles. The summed E-state index contributed by atoms with van der Waals surface area (Å²) in [5.74, 6) is -0.775. The van der Waals surface area contributed by atoms with Crippen LogP contribution < -0.4 is 0 Å². The summed E-state index contributed by atoms with van der Waals surface area (Å²) >= 11 is 6.76. The lowest BCUT2D eigenvalue weighted by molar-refractivity contribution is -0.136. The second kappa shape index (κ2) is 7.96. The maximum Gasteiger partial charge on any atom is 0.303 e. The summed E-state index contributed by atoms with van der Waals surface area (Å²) in [6.07, 6.45) is 2.43. The molecule has 1 N–H and O–H groups in total. The molecule has 7 heteroatoms. The fourth-order valence-corrected chi connectivity index (χ4v) is 5.56. The number of hydrogen-bond donors (Lipinski definition) is 1. The first kappa shape index (κ1) is 17.4. The monoisotopic (exact) mass is 598 g/mol. The molecule has 0 radical (unpaired) electrons. The van der Waals surface area contributed by atoms with Crippen molar-refractivity contribution >= 4 is 85.8 Å². The van der Waals surface area contributed by atoms with Crippen LogP contribution in [-0.2, 0) is 11.2 Å². The third kappa shape index (κ3) is 5.33. The molecule has 0 aromatic heterocycles. The molecule has 0 amide bonds. The molecule has 1 aromatic rings. The molecular formula is C12H13I3N2O2. The van der Waals surface area contributed by atoms with Gasteiger partial charge in [-0.2, -0.15) is 0 Å². The maximum atomic E-state index is 10.7. The van der Waals surface area contributed by atoms with E-state index in [0.29, 0.717) is 6.42 Å². The van der Waals surface area contributed by atoms with E-state index in [9.17, 15) is 4.79 Å². The second-order valence-corrected chi connectivity index (χ2v) is 7.49. The van der Waals surface area contributed by atoms with Crippen molar-refractivity contribution < 1.29 is 9.90 Å². The molecule has 19 heavy (non-hydrogen) atoms. The summed E-state index contributed by atoms with van der Waals surface area (Å²) in [5, 5.41) is 8.81. The number of rotatable bonds is 5. The quantitative estimate of drug-likeness (QED) is 0.320. The van der Waals surface area contributed by atoms with Gasteiger partial charge in [-0.25, -0.2) is 4.99 Å². The van der Waals surface area contributed by atoms with Crippen LogP contribution in [0.15, 0.2) is 11.1 Å². The van der Waals surface area contributed by atoms with Crippen LogP contribution in [0.5, 0.6) is 0 Å². The number of hydrogen-bond acceptors (Lipinski definition) is 2. The van der Waals surface area contributed by atoms with Gasteiger partial charge in [0.1, 0.15) is 0 Å². The Kier molecular flexibility index (Phi) is 7.29. The number of carboxylic acids is 1. The molecule has 0 fully saturated rings. The average molecular weight is 598 g/mol. The highest BCUT2D eigenvalue weighted by Gasteiger charge is 2.14. The van der Waals surface area contributed by atoms with Gasteiger partial charge in [0.15, 0.2) is 0 Å². The van der Waals surface area contributed by atoms with E-state index in [4.69, 9.17) is 5.11 Å². The molecular weight excluding hydrogens is 585 g/mol. The molecule has 0 aliphatic rings. The fourth-order valence-electron chi connectivity index (χ4n) is 1.37. The zero-order valence-electron chi connectivity index (χ0n) is 10.5. The van der Waals surface area contributed by atoms with Crippen molar-refractivity contribution in [2.45, 2.75) is 12.8 Å². The Bertz CT molecular complexity index is 516. The van der Waals surface area contributed by atoms with Crippen LogP contribution in [0.1, 0.15) is 12.0 Å². The first-order valence-corrected chi connectivity index (χ1v) is 8.65. The van der Waals surface area contributed by atoms with Crippen molar-refractivity contribution in [2.24, 2.45) is 4.99 Å². The van der Waals surface area contributed by atoms with Gasteiger partial charge < -0.3 is 10.0 Å². The highest BCUT2D eigenvalue weighted by Crippen LogP contribution is 2.34. The molecule has 4 nitrogen and oxygen atoms in total. The normalized spacial score (nSPS) is 11.0. The number of halogens is 3. The number of carboxylic acid groups (broad SMARTS) is 1. The molecule has 1 rings (SSSR count). The maximum absolute atomic E-state index is 10.7. The minimum absolute atomic E-state index is 0.142. The van der Waals surface area contributed by atoms with Crippen molar-refractivity contribution in [2.75, 3.05) is 14.1 Å². The van der Waals surface area contributed by atoms with Crippen LogP contribution in [0.2, 0.25) is 0 Å². The van der Waals surface area contributed by atoms with Crippen molar-refractivity contribution in [3.8, 4) is 0 Å². The van der Waals surface area contributed by atoms with Gasteiger partial charge in [0, 0.05) is 31.2 Å². The summed E-state index contributed by atoms with van der Waals surface area (Å²) in [4.78, 5) is 17.1. The van der Waals surface area contributed by atoms with Gasteiger partial charge in [0.05, 0.1) is 12.0 Å². The lowest BCUT2D eigenvalue weighted by atomic mass is 10.1. The summed E-state index contributed by atoms with van der Waals surface area (Å²) < 4.78 is 3.20. The lowest BCUT2D eigenvalue weighted by Gasteiger charge is -2.12. The predicted octanol–water partition coefficient (Wildman–Crippen LogP) is 3.74. The van der Waals surface area contributed by atoms with Gasteiger partial charge in [-0.05, 0) is 85.8 Å². The topological polar surface area (TPSA) is 52.9 Å². The molecule has 0 bridgehead atoms. The first-order valence-electron chi connectivity index (χ1n) is 5.41. The summed E-state index contributed by atoms with van der Waals surface area (Å²) in [7, 11) is 3.84. The Morgan fingerprint density at radius 1 is 1.37 bits per heavy atom. The van der Waals surface area contributed by atoms with Crippen LogP contribution in [0, 0.1) is 10.7 Å². The summed E-state index contributed by atoms with van der Waals surface area (Å²) in [5.41, 5.74) is 1.98. The first-order chi connectivity index (χ1) is 8.82. The molecule has 0 aliphatic heterocycles. The van der Waals surface area contributed by atoms with Crippen molar-refractivity contribution in [3.63, 3.8) is 0 Å². The van der Waals surface area contributed by atoms with Gasteiger partial charge in [-0.1, -0.05) is 0 Å². The molecule has 0 heterocycles. The zero-order chi connectivity index (χ0) is 14.6. The van der Waals surface area contributed by atoms with E-state index in [1.165, 1.54) is 0 Å². The van der Waals surface area contributed by atoms with Gasteiger partial charge >= 0.3 is 5.97 Å². The van der Waals surface area contributed by atoms with Crippen LogP contribution in [0.25, 0.3) is 0 Å². The Morgan fingerprint density at radius 3 is 2.53 bits per heavy atom. The highest BCUT2D eigenvalue weighted by atomic mass is 127. The van der Waals surface area contributed by atoms with E-state index < -0.39 is 5.97 Å². The molecule has 104 valence electrons. The van der Waals surface area contributed by atoms with Crippen LogP contribution in [0.3, 0.4) is 0 Å². The van der Waals surface area contributed by atoms with Crippen LogP contribution in [0.4, 0.5) is 5.69 Å². The van der Waals surface area contributed by atoms with E-state index in [-0.39, 0.29) is 6.42 Å². The fraction of sp³-hybridized carbons (Fsp3) is 0.333. The van der Waals surface area contributed by atoms with E-state index in [1.54, 1.807) is 6.34 Å². The average Bonchev–Trinajstić information content (AvgIpc) is 2.27. The highest BCUT2D eigenvalue weighted by molar-refractivity contribution is 14.1. The standard InChI is InChI=1S/C12H13I3N2O2/c1-17(2)6-16-12-9(14)5-8(13)7(11(12)15)3-4-10(18)19/h5-6H,3-4H2,1-2H3,(H,18,19)/b16-6+. The molecule has 0 spiro atoms. The SMILES string of the molecule is CN(C)/C=N/c1c(I)cc(I)c(CCC(=O)O)c1I. The van der Waals surface area contributed by atoms with Gasteiger partial charge in [0.2, 0.25) is 0 Å². The molecule has 0 atom stereocenters. The summed E-state index contributed by atoms with van der Waals surface area (Å²) in [6, 6.07) is 2.04. The van der Waals surface area contributed by atoms with E-state index in [1.807, 2.05) is 25.1 Å². The number of nitrogens with zero attached hydrogens (tertiary/aromatic N) is 2. The van der Waals surface area contributed by atoms with Crippen LogP contribution >= 0.6 is 67.8 Å². The third-order valence-corrected chi connectivity index (χ3v) is 5.19. The molecule has 0 saturated heterocycles. The third-order valence-electron chi connectivity index (χ3n) is 2.25. The van der Waals surface area contributed by atoms with Gasteiger partial charge in [-0.15, -0.1) is 0 Å². The lowest BCUT2D eigenvalue weighted by Crippen LogP contribution is -2.08. The predicted molar refractivity (Wildman–Crippen MR) is 102 cm³/mol. The van der Waals surface area contributed by atoms with Gasteiger partial charge in [-0.3, -0.25) is 4.79 Å². The van der Waals surface area contributed by atoms with Crippen molar-refractivity contribution in [3.05, 3.63) is 22.3 Å². The van der Waals surface area contributed by atoms with E-state index >= 15 is 0 Å². The number of aliphatic imine (C=N–C) groups is 1.